The predicted octanol–water partition coefficient (Wildman–Crippen LogP) is 4.24. The fraction of sp³-hybridized carbons (Fsp3) is 0.263. The van der Waals surface area contributed by atoms with Crippen molar-refractivity contribution < 1.29 is 9.59 Å². The maximum absolute atomic E-state index is 12.3. The first-order valence-corrected chi connectivity index (χ1v) is 9.04. The van der Waals surface area contributed by atoms with Crippen LogP contribution < -0.4 is 16.0 Å². The lowest BCUT2D eigenvalue weighted by molar-refractivity contribution is -0.117. The molecule has 5 nitrogen and oxygen atoms in total. The third kappa shape index (κ3) is 5.06. The molecule has 1 aliphatic rings. The van der Waals surface area contributed by atoms with Gasteiger partial charge in [-0.3, -0.25) is 9.59 Å². The number of hydrogen-bond acceptors (Lipinski definition) is 3. The minimum Gasteiger partial charge on any atom is -0.374 e. The predicted molar refractivity (Wildman–Crippen MR) is 104 cm³/mol. The third-order valence-electron chi connectivity index (χ3n) is 3.97. The highest BCUT2D eigenvalue weighted by molar-refractivity contribution is 9.10. The molecule has 2 aromatic carbocycles. The number of carbonyl (C=O) groups excluding carboxylic acids is 2. The molecule has 0 saturated heterocycles. The average Bonchev–Trinajstić information content (AvgIpc) is 3.41. The van der Waals surface area contributed by atoms with Crippen molar-refractivity contribution in [3.05, 3.63) is 53.0 Å². The first kappa shape index (κ1) is 17.5. The van der Waals surface area contributed by atoms with E-state index in [1.54, 1.807) is 6.92 Å². The highest BCUT2D eigenvalue weighted by Gasteiger charge is 2.29. The third-order valence-corrected chi connectivity index (χ3v) is 4.46. The van der Waals surface area contributed by atoms with Crippen molar-refractivity contribution in [3.8, 4) is 0 Å². The van der Waals surface area contributed by atoms with Crippen LogP contribution in [-0.4, -0.2) is 17.9 Å². The van der Waals surface area contributed by atoms with Gasteiger partial charge in [-0.15, -0.1) is 0 Å². The molecule has 1 aliphatic carbocycles. The van der Waals surface area contributed by atoms with Crippen LogP contribution in [0.1, 0.15) is 19.8 Å². The zero-order valence-electron chi connectivity index (χ0n) is 13.9. The van der Waals surface area contributed by atoms with Crippen LogP contribution in [-0.2, 0) is 9.59 Å². The molecule has 0 spiro atoms. The molecule has 3 N–H and O–H groups in total. The molecule has 25 heavy (non-hydrogen) atoms. The van der Waals surface area contributed by atoms with E-state index in [1.807, 2.05) is 48.5 Å². The van der Waals surface area contributed by atoms with Crippen molar-refractivity contribution in [1.29, 1.82) is 0 Å². The molecule has 3 rings (SSSR count). The molecule has 1 atom stereocenters. The lowest BCUT2D eigenvalue weighted by atomic mass is 10.2. The number of halogens is 1. The number of carbonyl (C=O) groups is 2. The molecule has 1 unspecified atom stereocenters. The molecule has 0 aliphatic heterocycles. The van der Waals surface area contributed by atoms with Crippen LogP contribution in [0.4, 0.5) is 17.1 Å². The number of nitrogens with one attached hydrogen (secondary N) is 3. The normalized spacial score (nSPS) is 14.5. The summed E-state index contributed by atoms with van der Waals surface area (Å²) in [7, 11) is 0. The smallest absolute Gasteiger partial charge is 0.246 e. The Morgan fingerprint density at radius 1 is 1.00 bits per heavy atom. The van der Waals surface area contributed by atoms with Gasteiger partial charge in [0.15, 0.2) is 0 Å². The summed E-state index contributed by atoms with van der Waals surface area (Å²) in [6.45, 7) is 1.80. The fourth-order valence-electron chi connectivity index (χ4n) is 2.37. The first-order chi connectivity index (χ1) is 12.0. The van der Waals surface area contributed by atoms with Crippen molar-refractivity contribution in [1.82, 2.24) is 0 Å². The van der Waals surface area contributed by atoms with Crippen LogP contribution in [0, 0.1) is 5.92 Å². The summed E-state index contributed by atoms with van der Waals surface area (Å²) < 4.78 is 0.912. The van der Waals surface area contributed by atoms with Gasteiger partial charge in [0.25, 0.3) is 0 Å². The maximum atomic E-state index is 12.3. The Bertz CT molecular complexity index is 772. The van der Waals surface area contributed by atoms with Gasteiger partial charge in [-0.2, -0.15) is 0 Å². The van der Waals surface area contributed by atoms with E-state index in [2.05, 4.69) is 31.9 Å². The van der Waals surface area contributed by atoms with E-state index < -0.39 is 6.04 Å². The Morgan fingerprint density at radius 3 is 2.32 bits per heavy atom. The molecule has 2 amide bonds. The SMILES string of the molecule is CC(Nc1ccc(NC(=O)C2CC2)cc1)C(=O)Nc1cccc(Br)c1. The van der Waals surface area contributed by atoms with E-state index in [0.717, 1.165) is 34.4 Å². The zero-order valence-corrected chi connectivity index (χ0v) is 15.5. The van der Waals surface area contributed by atoms with Gasteiger partial charge in [0.05, 0.1) is 0 Å². The standard InChI is InChI=1S/C19H20BrN3O2/c1-12(18(24)23-17-4-2-3-14(20)11-17)21-15-7-9-16(10-8-15)22-19(25)13-5-6-13/h2-4,7-13,21H,5-6H2,1H3,(H,22,25)(H,23,24). The largest absolute Gasteiger partial charge is 0.374 e. The molecule has 6 heteroatoms. The van der Waals surface area contributed by atoms with E-state index in [0.29, 0.717) is 0 Å². The summed E-state index contributed by atoms with van der Waals surface area (Å²) in [4.78, 5) is 24.0. The Morgan fingerprint density at radius 2 is 1.68 bits per heavy atom. The summed E-state index contributed by atoms with van der Waals surface area (Å²) in [6.07, 6.45) is 1.96. The Kier molecular flexibility index (Phi) is 5.38. The van der Waals surface area contributed by atoms with Gasteiger partial charge in [0, 0.05) is 27.5 Å². The fourth-order valence-corrected chi connectivity index (χ4v) is 2.77. The molecular formula is C19H20BrN3O2. The highest BCUT2D eigenvalue weighted by Crippen LogP contribution is 2.30. The van der Waals surface area contributed by atoms with Gasteiger partial charge in [-0.05, 0) is 62.2 Å². The quantitative estimate of drug-likeness (QED) is 0.677. The lowest BCUT2D eigenvalue weighted by Gasteiger charge is -2.16. The topological polar surface area (TPSA) is 70.2 Å². The second kappa shape index (κ2) is 7.70. The van der Waals surface area contributed by atoms with Gasteiger partial charge < -0.3 is 16.0 Å². The van der Waals surface area contributed by atoms with Crippen molar-refractivity contribution in [2.24, 2.45) is 5.92 Å². The van der Waals surface area contributed by atoms with Gasteiger partial charge in [-0.25, -0.2) is 0 Å². The van der Waals surface area contributed by atoms with Crippen LogP contribution in [0.15, 0.2) is 53.0 Å². The number of rotatable bonds is 6. The molecule has 0 radical (unpaired) electrons. The number of benzene rings is 2. The van der Waals surface area contributed by atoms with Crippen LogP contribution in [0.2, 0.25) is 0 Å². The monoisotopic (exact) mass is 401 g/mol. The van der Waals surface area contributed by atoms with Crippen molar-refractivity contribution in [2.75, 3.05) is 16.0 Å². The molecular weight excluding hydrogens is 382 g/mol. The average molecular weight is 402 g/mol. The summed E-state index contributed by atoms with van der Waals surface area (Å²) in [5.41, 5.74) is 2.33. The van der Waals surface area contributed by atoms with E-state index >= 15 is 0 Å². The van der Waals surface area contributed by atoms with Gasteiger partial charge in [0.2, 0.25) is 11.8 Å². The number of anilines is 3. The van der Waals surface area contributed by atoms with Crippen LogP contribution in [0.25, 0.3) is 0 Å². The van der Waals surface area contributed by atoms with E-state index in [-0.39, 0.29) is 17.7 Å². The number of hydrogen-bond donors (Lipinski definition) is 3. The molecule has 1 saturated carbocycles. The Labute approximate surface area is 155 Å². The minimum absolute atomic E-state index is 0.0856. The molecule has 2 aromatic rings. The van der Waals surface area contributed by atoms with E-state index in [4.69, 9.17) is 0 Å². The van der Waals surface area contributed by atoms with Crippen molar-refractivity contribution in [2.45, 2.75) is 25.8 Å². The summed E-state index contributed by atoms with van der Waals surface area (Å²) in [5.74, 6) is 0.145. The Balaban J connectivity index is 1.53. The van der Waals surface area contributed by atoms with Crippen LogP contribution >= 0.6 is 15.9 Å². The van der Waals surface area contributed by atoms with E-state index in [9.17, 15) is 9.59 Å². The van der Waals surface area contributed by atoms with Gasteiger partial charge in [0.1, 0.15) is 6.04 Å². The second-order valence-corrected chi connectivity index (χ2v) is 7.12. The van der Waals surface area contributed by atoms with E-state index in [1.165, 1.54) is 0 Å². The Hall–Kier alpha value is -2.34. The first-order valence-electron chi connectivity index (χ1n) is 8.25. The van der Waals surface area contributed by atoms with Crippen LogP contribution in [0.5, 0.6) is 0 Å². The van der Waals surface area contributed by atoms with Crippen molar-refractivity contribution in [3.63, 3.8) is 0 Å². The maximum Gasteiger partial charge on any atom is 0.246 e. The minimum atomic E-state index is -0.397. The summed E-state index contributed by atoms with van der Waals surface area (Å²) >= 11 is 3.38. The summed E-state index contributed by atoms with van der Waals surface area (Å²) in [5, 5.41) is 8.92. The zero-order chi connectivity index (χ0) is 17.8. The summed E-state index contributed by atoms with van der Waals surface area (Å²) in [6, 6.07) is 14.4. The van der Waals surface area contributed by atoms with Gasteiger partial charge in [-0.1, -0.05) is 22.0 Å². The molecule has 1 fully saturated rings. The molecule has 0 aromatic heterocycles. The van der Waals surface area contributed by atoms with Gasteiger partial charge >= 0.3 is 0 Å². The number of amides is 2. The molecule has 0 bridgehead atoms. The van der Waals surface area contributed by atoms with Crippen LogP contribution in [0.3, 0.4) is 0 Å². The molecule has 130 valence electrons. The molecule has 0 heterocycles. The lowest BCUT2D eigenvalue weighted by Crippen LogP contribution is -2.31. The van der Waals surface area contributed by atoms with Crippen molar-refractivity contribution >= 4 is 44.8 Å². The highest BCUT2D eigenvalue weighted by atomic mass is 79.9. The second-order valence-electron chi connectivity index (χ2n) is 6.21.